The molecule has 0 aliphatic carbocycles. The van der Waals surface area contributed by atoms with Crippen molar-refractivity contribution in [3.05, 3.63) is 83.5 Å². The average molecular weight is 367 g/mol. The summed E-state index contributed by atoms with van der Waals surface area (Å²) in [7, 11) is 1.77. The van der Waals surface area contributed by atoms with Crippen LogP contribution in [0.4, 0.5) is 5.82 Å². The highest BCUT2D eigenvalue weighted by Gasteiger charge is 2.16. The molecule has 2 N–H and O–H groups in total. The lowest BCUT2D eigenvalue weighted by Gasteiger charge is -2.08. The zero-order valence-electron chi connectivity index (χ0n) is 15.2. The highest BCUT2D eigenvalue weighted by Crippen LogP contribution is 2.29. The molecule has 0 fully saturated rings. The van der Waals surface area contributed by atoms with Crippen molar-refractivity contribution in [2.75, 3.05) is 5.73 Å². The molecule has 0 saturated heterocycles. The zero-order chi connectivity index (χ0) is 19.3. The van der Waals surface area contributed by atoms with Crippen LogP contribution in [0.2, 0.25) is 0 Å². The van der Waals surface area contributed by atoms with Crippen LogP contribution in [-0.2, 0) is 7.05 Å². The van der Waals surface area contributed by atoms with Crippen molar-refractivity contribution >= 4 is 27.8 Å². The van der Waals surface area contributed by atoms with Crippen LogP contribution in [0.15, 0.2) is 77.9 Å². The summed E-state index contributed by atoms with van der Waals surface area (Å²) in [5.74, 6) is 0.481. The van der Waals surface area contributed by atoms with Crippen molar-refractivity contribution in [3.63, 3.8) is 0 Å². The smallest absolute Gasteiger partial charge is 0.333 e. The van der Waals surface area contributed by atoms with Gasteiger partial charge in [-0.15, -0.1) is 0 Å². The normalized spacial score (nSPS) is 11.3. The van der Waals surface area contributed by atoms with Crippen LogP contribution in [0.1, 0.15) is 0 Å². The second-order valence-corrected chi connectivity index (χ2v) is 6.71. The Balaban J connectivity index is 1.88. The average Bonchev–Trinajstić information content (AvgIpc) is 3.00. The lowest BCUT2D eigenvalue weighted by atomic mass is 10.0. The van der Waals surface area contributed by atoms with Gasteiger partial charge in [-0.3, -0.25) is 14.1 Å². The number of aromatic nitrogens is 4. The Morgan fingerprint density at radius 3 is 2.43 bits per heavy atom. The fourth-order valence-corrected chi connectivity index (χ4v) is 3.57. The fourth-order valence-electron chi connectivity index (χ4n) is 3.57. The van der Waals surface area contributed by atoms with Crippen LogP contribution in [0.3, 0.4) is 0 Å². The SMILES string of the molecule is Cn1c(=O)n(-c2ccccc2)c2c3cc(-c4ccc(N)nc4)ccc3ncc21. The maximum absolute atomic E-state index is 13.0. The maximum Gasteiger partial charge on any atom is 0.333 e. The van der Waals surface area contributed by atoms with Crippen molar-refractivity contribution in [3.8, 4) is 16.8 Å². The van der Waals surface area contributed by atoms with E-state index in [1.54, 1.807) is 34.6 Å². The minimum absolute atomic E-state index is 0.102. The molecule has 2 aromatic carbocycles. The first-order valence-corrected chi connectivity index (χ1v) is 8.91. The molecular weight excluding hydrogens is 350 g/mol. The van der Waals surface area contributed by atoms with Gasteiger partial charge in [-0.1, -0.05) is 24.3 Å². The molecule has 0 aliphatic heterocycles. The van der Waals surface area contributed by atoms with Gasteiger partial charge in [-0.05, 0) is 42.0 Å². The second kappa shape index (κ2) is 6.06. The third kappa shape index (κ3) is 2.39. The number of fused-ring (bicyclic) bond motifs is 3. The first-order valence-electron chi connectivity index (χ1n) is 8.91. The van der Waals surface area contributed by atoms with E-state index in [0.29, 0.717) is 5.82 Å². The third-order valence-corrected chi connectivity index (χ3v) is 5.02. The minimum Gasteiger partial charge on any atom is -0.384 e. The largest absolute Gasteiger partial charge is 0.384 e. The number of anilines is 1. The van der Waals surface area contributed by atoms with E-state index in [2.05, 4.69) is 16.0 Å². The van der Waals surface area contributed by atoms with Crippen LogP contribution in [0, 0.1) is 0 Å². The molecule has 28 heavy (non-hydrogen) atoms. The highest BCUT2D eigenvalue weighted by atomic mass is 16.1. The van der Waals surface area contributed by atoms with Gasteiger partial charge in [0.2, 0.25) is 0 Å². The Hall–Kier alpha value is -3.93. The molecule has 5 rings (SSSR count). The number of para-hydroxylation sites is 1. The first-order chi connectivity index (χ1) is 13.6. The molecule has 0 unspecified atom stereocenters. The Labute approximate surface area is 160 Å². The topological polar surface area (TPSA) is 78.7 Å². The standard InChI is InChI=1S/C22H17N5O/c1-26-19-13-24-18-9-7-14(15-8-10-20(23)25-12-15)11-17(18)21(19)27(22(26)28)16-5-3-2-4-6-16/h2-13H,1H3,(H2,23,25). The number of rotatable bonds is 2. The molecule has 0 amide bonds. The van der Waals surface area contributed by atoms with E-state index in [1.807, 2.05) is 48.5 Å². The van der Waals surface area contributed by atoms with Gasteiger partial charge in [0.05, 0.1) is 28.4 Å². The molecule has 6 heteroatoms. The molecule has 3 heterocycles. The quantitative estimate of drug-likeness (QED) is 0.518. The molecular formula is C22H17N5O. The van der Waals surface area contributed by atoms with Gasteiger partial charge < -0.3 is 5.73 Å². The van der Waals surface area contributed by atoms with Gasteiger partial charge in [0, 0.05) is 24.2 Å². The zero-order valence-corrected chi connectivity index (χ0v) is 15.2. The van der Waals surface area contributed by atoms with Crippen molar-refractivity contribution < 1.29 is 0 Å². The summed E-state index contributed by atoms with van der Waals surface area (Å²) >= 11 is 0. The van der Waals surface area contributed by atoms with Gasteiger partial charge in [0.1, 0.15) is 5.82 Å². The van der Waals surface area contributed by atoms with Crippen molar-refractivity contribution in [2.24, 2.45) is 7.05 Å². The van der Waals surface area contributed by atoms with Crippen molar-refractivity contribution in [1.29, 1.82) is 0 Å². The minimum atomic E-state index is -0.102. The third-order valence-electron chi connectivity index (χ3n) is 5.02. The number of hydrogen-bond acceptors (Lipinski definition) is 4. The number of pyridine rings is 2. The summed E-state index contributed by atoms with van der Waals surface area (Å²) < 4.78 is 3.37. The van der Waals surface area contributed by atoms with Crippen molar-refractivity contribution in [1.82, 2.24) is 19.1 Å². The Bertz CT molecular complexity index is 1380. The predicted molar refractivity (Wildman–Crippen MR) is 111 cm³/mol. The molecule has 5 aromatic rings. The molecule has 136 valence electrons. The van der Waals surface area contributed by atoms with Gasteiger partial charge in [0.25, 0.3) is 0 Å². The molecule has 0 radical (unpaired) electrons. The predicted octanol–water partition coefficient (Wildman–Crippen LogP) is 3.52. The number of hydrogen-bond donors (Lipinski definition) is 1. The first kappa shape index (κ1) is 16.3. The van der Waals surface area contributed by atoms with Crippen LogP contribution in [0.25, 0.3) is 38.8 Å². The molecule has 0 saturated carbocycles. The maximum atomic E-state index is 13.0. The lowest BCUT2D eigenvalue weighted by Crippen LogP contribution is -2.20. The number of nitrogens with two attached hydrogens (primary N) is 1. The van der Waals surface area contributed by atoms with Crippen molar-refractivity contribution in [2.45, 2.75) is 0 Å². The molecule has 0 spiro atoms. The number of nitrogen functional groups attached to an aromatic ring is 1. The summed E-state index contributed by atoms with van der Waals surface area (Å²) in [5, 5.41) is 0.911. The Kier molecular flexibility index (Phi) is 3.52. The van der Waals surface area contributed by atoms with E-state index in [1.165, 1.54) is 0 Å². The number of nitrogens with zero attached hydrogens (tertiary/aromatic N) is 4. The monoisotopic (exact) mass is 367 g/mol. The number of benzene rings is 2. The van der Waals surface area contributed by atoms with E-state index in [4.69, 9.17) is 5.73 Å². The van der Waals surface area contributed by atoms with Crippen LogP contribution in [0.5, 0.6) is 0 Å². The van der Waals surface area contributed by atoms with Crippen LogP contribution >= 0.6 is 0 Å². The van der Waals surface area contributed by atoms with Gasteiger partial charge in [-0.2, -0.15) is 0 Å². The summed E-state index contributed by atoms with van der Waals surface area (Å²) in [6, 6.07) is 19.4. The summed E-state index contributed by atoms with van der Waals surface area (Å²) in [4.78, 5) is 21.7. The molecule has 3 aromatic heterocycles. The molecule has 0 bridgehead atoms. The highest BCUT2D eigenvalue weighted by molar-refractivity contribution is 6.04. The van der Waals surface area contributed by atoms with E-state index in [9.17, 15) is 4.79 Å². The lowest BCUT2D eigenvalue weighted by molar-refractivity contribution is 0.846. The van der Waals surface area contributed by atoms with Gasteiger partial charge >= 0.3 is 5.69 Å². The summed E-state index contributed by atoms with van der Waals surface area (Å²) in [6.07, 6.45) is 3.50. The number of aryl methyl sites for hydroxylation is 1. The second-order valence-electron chi connectivity index (χ2n) is 6.71. The number of imidazole rings is 1. The fraction of sp³-hybridized carbons (Fsp3) is 0.0455. The summed E-state index contributed by atoms with van der Waals surface area (Å²) in [5.41, 5.74) is 10.8. The van der Waals surface area contributed by atoms with E-state index < -0.39 is 0 Å². The van der Waals surface area contributed by atoms with Gasteiger partial charge in [-0.25, -0.2) is 9.78 Å². The van der Waals surface area contributed by atoms with E-state index >= 15 is 0 Å². The Morgan fingerprint density at radius 1 is 0.893 bits per heavy atom. The van der Waals surface area contributed by atoms with E-state index in [-0.39, 0.29) is 5.69 Å². The van der Waals surface area contributed by atoms with Crippen LogP contribution in [-0.4, -0.2) is 19.1 Å². The summed E-state index contributed by atoms with van der Waals surface area (Å²) in [6.45, 7) is 0. The molecule has 6 nitrogen and oxygen atoms in total. The molecule has 0 aliphatic rings. The Morgan fingerprint density at radius 2 is 1.68 bits per heavy atom. The van der Waals surface area contributed by atoms with E-state index in [0.717, 1.165) is 38.8 Å². The van der Waals surface area contributed by atoms with Crippen LogP contribution < -0.4 is 11.4 Å². The van der Waals surface area contributed by atoms with Gasteiger partial charge in [0.15, 0.2) is 0 Å². The molecule has 0 atom stereocenters.